The van der Waals surface area contributed by atoms with Crippen molar-refractivity contribution >= 4 is 5.69 Å². The van der Waals surface area contributed by atoms with Crippen molar-refractivity contribution in [3.63, 3.8) is 0 Å². The summed E-state index contributed by atoms with van der Waals surface area (Å²) < 4.78 is 12.9. The van der Waals surface area contributed by atoms with Crippen LogP contribution in [0.4, 0.5) is 10.1 Å². The number of rotatable bonds is 6. The lowest BCUT2D eigenvalue weighted by molar-refractivity contribution is -0.385. The first-order valence-corrected chi connectivity index (χ1v) is 5.75. The normalized spacial score (nSPS) is 12.4. The fourth-order valence-electron chi connectivity index (χ4n) is 1.76. The lowest BCUT2D eigenvalue weighted by Gasteiger charge is -2.11. The fourth-order valence-corrected chi connectivity index (χ4v) is 1.76. The number of nitro benzene ring substituents is 1. The average Bonchev–Trinajstić information content (AvgIpc) is 2.29. The molecule has 17 heavy (non-hydrogen) atoms. The van der Waals surface area contributed by atoms with Crippen LogP contribution < -0.4 is 5.73 Å². The van der Waals surface area contributed by atoms with Crippen molar-refractivity contribution < 1.29 is 9.31 Å². The van der Waals surface area contributed by atoms with Gasteiger partial charge in [0.15, 0.2) is 0 Å². The zero-order chi connectivity index (χ0) is 12.8. The summed E-state index contributed by atoms with van der Waals surface area (Å²) in [7, 11) is 0. The molecule has 2 N–H and O–H groups in total. The summed E-state index contributed by atoms with van der Waals surface area (Å²) in [6.45, 7) is 2.08. The summed E-state index contributed by atoms with van der Waals surface area (Å²) in [4.78, 5) is 10.2. The topological polar surface area (TPSA) is 69.2 Å². The number of halogens is 1. The summed E-state index contributed by atoms with van der Waals surface area (Å²) in [6.07, 6.45) is 3.72. The van der Waals surface area contributed by atoms with Crippen molar-refractivity contribution in [2.45, 2.75) is 38.6 Å². The molecule has 0 amide bonds. The van der Waals surface area contributed by atoms with Gasteiger partial charge in [-0.3, -0.25) is 10.1 Å². The van der Waals surface area contributed by atoms with E-state index in [1.54, 1.807) is 0 Å². The van der Waals surface area contributed by atoms with E-state index in [-0.39, 0.29) is 5.69 Å². The molecule has 4 nitrogen and oxygen atoms in total. The molecule has 1 atom stereocenters. The molecule has 1 aromatic rings. The van der Waals surface area contributed by atoms with Crippen molar-refractivity contribution in [2.75, 3.05) is 0 Å². The SMILES string of the molecule is CCCCC[C@@H](N)c1ccc(F)cc1[N+](=O)[O-]. The van der Waals surface area contributed by atoms with E-state index in [2.05, 4.69) is 6.92 Å². The Kier molecular flexibility index (Phi) is 5.03. The molecule has 0 saturated heterocycles. The summed E-state index contributed by atoms with van der Waals surface area (Å²) in [5, 5.41) is 10.8. The third kappa shape index (κ3) is 3.78. The number of benzene rings is 1. The minimum atomic E-state index is -0.610. The molecular weight excluding hydrogens is 223 g/mol. The Bertz CT molecular complexity index is 396. The molecule has 0 saturated carbocycles. The van der Waals surface area contributed by atoms with Crippen LogP contribution in [0.2, 0.25) is 0 Å². The molecule has 0 aliphatic heterocycles. The first-order chi connectivity index (χ1) is 8.06. The van der Waals surface area contributed by atoms with E-state index in [1.807, 2.05) is 0 Å². The van der Waals surface area contributed by atoms with E-state index in [4.69, 9.17) is 5.73 Å². The predicted octanol–water partition coefficient (Wildman–Crippen LogP) is 3.31. The fraction of sp³-hybridized carbons (Fsp3) is 0.500. The van der Waals surface area contributed by atoms with Gasteiger partial charge in [0.2, 0.25) is 0 Å². The minimum absolute atomic E-state index is 0.228. The molecule has 1 aromatic carbocycles. The molecule has 5 heteroatoms. The summed E-state index contributed by atoms with van der Waals surface area (Å²) in [6, 6.07) is 3.14. The maximum Gasteiger partial charge on any atom is 0.277 e. The molecule has 0 heterocycles. The van der Waals surface area contributed by atoms with E-state index in [0.29, 0.717) is 12.0 Å². The average molecular weight is 240 g/mol. The molecule has 94 valence electrons. The van der Waals surface area contributed by atoms with Crippen LogP contribution in [0.15, 0.2) is 18.2 Å². The Labute approximate surface area is 99.8 Å². The molecular formula is C12H17FN2O2. The van der Waals surface area contributed by atoms with Crippen LogP contribution in [-0.4, -0.2) is 4.92 Å². The smallest absolute Gasteiger partial charge is 0.277 e. The van der Waals surface area contributed by atoms with Gasteiger partial charge >= 0.3 is 0 Å². The second kappa shape index (κ2) is 6.30. The van der Waals surface area contributed by atoms with Crippen molar-refractivity contribution in [1.29, 1.82) is 0 Å². The summed E-state index contributed by atoms with van der Waals surface area (Å²) >= 11 is 0. The molecule has 0 aliphatic rings. The highest BCUT2D eigenvalue weighted by atomic mass is 19.1. The number of nitro groups is 1. The van der Waals surface area contributed by atoms with E-state index in [9.17, 15) is 14.5 Å². The van der Waals surface area contributed by atoms with Crippen LogP contribution in [0.5, 0.6) is 0 Å². The van der Waals surface area contributed by atoms with Crippen molar-refractivity contribution in [3.8, 4) is 0 Å². The Balaban J connectivity index is 2.84. The number of hydrogen-bond acceptors (Lipinski definition) is 3. The molecule has 0 unspecified atom stereocenters. The van der Waals surface area contributed by atoms with Crippen molar-refractivity contribution in [2.24, 2.45) is 5.73 Å². The van der Waals surface area contributed by atoms with Crippen LogP contribution in [-0.2, 0) is 0 Å². The Hall–Kier alpha value is -1.49. The van der Waals surface area contributed by atoms with E-state index in [1.165, 1.54) is 12.1 Å². The van der Waals surface area contributed by atoms with Gasteiger partial charge in [0.25, 0.3) is 5.69 Å². The standard InChI is InChI=1S/C12H17FN2O2/c1-2-3-4-5-11(14)10-7-6-9(13)8-12(10)15(16)17/h6-8,11H,2-5,14H2,1H3/t11-/m1/s1. The van der Waals surface area contributed by atoms with E-state index in [0.717, 1.165) is 25.3 Å². The van der Waals surface area contributed by atoms with Crippen LogP contribution >= 0.6 is 0 Å². The van der Waals surface area contributed by atoms with Crippen LogP contribution in [0.1, 0.15) is 44.2 Å². The molecule has 0 aromatic heterocycles. The molecule has 0 aliphatic carbocycles. The van der Waals surface area contributed by atoms with E-state index < -0.39 is 16.8 Å². The van der Waals surface area contributed by atoms with Gasteiger partial charge < -0.3 is 5.73 Å². The zero-order valence-electron chi connectivity index (χ0n) is 9.86. The maximum absolute atomic E-state index is 12.9. The van der Waals surface area contributed by atoms with Gasteiger partial charge in [-0.25, -0.2) is 4.39 Å². The predicted molar refractivity (Wildman–Crippen MR) is 64.1 cm³/mol. The molecule has 0 bridgehead atoms. The molecule has 0 fully saturated rings. The highest BCUT2D eigenvalue weighted by molar-refractivity contribution is 5.42. The second-order valence-electron chi connectivity index (χ2n) is 4.06. The largest absolute Gasteiger partial charge is 0.324 e. The van der Waals surface area contributed by atoms with Crippen molar-refractivity contribution in [3.05, 3.63) is 39.7 Å². The van der Waals surface area contributed by atoms with Gasteiger partial charge in [-0.2, -0.15) is 0 Å². The summed E-state index contributed by atoms with van der Waals surface area (Å²) in [5.74, 6) is -0.610. The first kappa shape index (κ1) is 13.6. The highest BCUT2D eigenvalue weighted by Crippen LogP contribution is 2.27. The number of unbranched alkanes of at least 4 members (excludes halogenated alkanes) is 2. The van der Waals surface area contributed by atoms with Gasteiger partial charge in [0.05, 0.1) is 11.0 Å². The van der Waals surface area contributed by atoms with Crippen LogP contribution in [0.25, 0.3) is 0 Å². The molecule has 0 spiro atoms. The second-order valence-corrected chi connectivity index (χ2v) is 4.06. The first-order valence-electron chi connectivity index (χ1n) is 5.75. The highest BCUT2D eigenvalue weighted by Gasteiger charge is 2.19. The van der Waals surface area contributed by atoms with Gasteiger partial charge in [-0.15, -0.1) is 0 Å². The third-order valence-corrected chi connectivity index (χ3v) is 2.71. The lowest BCUT2D eigenvalue weighted by Crippen LogP contribution is -2.12. The van der Waals surface area contributed by atoms with Gasteiger partial charge in [0, 0.05) is 11.6 Å². The third-order valence-electron chi connectivity index (χ3n) is 2.71. The van der Waals surface area contributed by atoms with Gasteiger partial charge in [0.1, 0.15) is 5.82 Å². The Morgan fingerprint density at radius 2 is 2.18 bits per heavy atom. The van der Waals surface area contributed by atoms with Gasteiger partial charge in [-0.1, -0.05) is 26.2 Å². The molecule has 0 radical (unpaired) electrons. The molecule has 1 rings (SSSR count). The van der Waals surface area contributed by atoms with Gasteiger partial charge in [-0.05, 0) is 18.6 Å². The number of hydrogen-bond donors (Lipinski definition) is 1. The Morgan fingerprint density at radius 1 is 1.47 bits per heavy atom. The van der Waals surface area contributed by atoms with Crippen LogP contribution in [0, 0.1) is 15.9 Å². The lowest BCUT2D eigenvalue weighted by atomic mass is 9.99. The van der Waals surface area contributed by atoms with Crippen LogP contribution in [0.3, 0.4) is 0 Å². The summed E-state index contributed by atoms with van der Waals surface area (Å²) in [5.41, 5.74) is 6.08. The Morgan fingerprint density at radius 3 is 2.76 bits per heavy atom. The minimum Gasteiger partial charge on any atom is -0.324 e. The maximum atomic E-state index is 12.9. The monoisotopic (exact) mass is 240 g/mol. The number of nitrogens with two attached hydrogens (primary N) is 1. The quantitative estimate of drug-likeness (QED) is 0.471. The van der Waals surface area contributed by atoms with E-state index >= 15 is 0 Å². The van der Waals surface area contributed by atoms with Crippen molar-refractivity contribution in [1.82, 2.24) is 0 Å². The number of nitrogens with zero attached hydrogens (tertiary/aromatic N) is 1. The zero-order valence-corrected chi connectivity index (χ0v) is 9.86.